The highest BCUT2D eigenvalue weighted by Crippen LogP contribution is 2.33. The summed E-state index contributed by atoms with van der Waals surface area (Å²) in [6, 6.07) is 8.30. The molecule has 0 atom stereocenters. The number of nitro groups is 2. The predicted molar refractivity (Wildman–Crippen MR) is 97.9 cm³/mol. The molecule has 0 saturated carbocycles. The van der Waals surface area contributed by atoms with Crippen LogP contribution in [-0.2, 0) is 0 Å². The number of ether oxygens (including phenoxy) is 1. The summed E-state index contributed by atoms with van der Waals surface area (Å²) in [5.41, 5.74) is 0.511. The van der Waals surface area contributed by atoms with Crippen LogP contribution in [0.3, 0.4) is 0 Å². The van der Waals surface area contributed by atoms with Crippen molar-refractivity contribution in [2.45, 2.75) is 0 Å². The van der Waals surface area contributed by atoms with Gasteiger partial charge in [0.25, 0.3) is 17.3 Å². The van der Waals surface area contributed by atoms with Gasteiger partial charge in [-0.1, -0.05) is 16.8 Å². The Morgan fingerprint density at radius 1 is 1.04 bits per heavy atom. The molecule has 0 fully saturated rings. The van der Waals surface area contributed by atoms with Crippen LogP contribution in [0.15, 0.2) is 40.9 Å². The third-order valence-electron chi connectivity index (χ3n) is 3.97. The van der Waals surface area contributed by atoms with Crippen molar-refractivity contribution in [2.75, 3.05) is 6.61 Å². The SMILES string of the molecule is O=[N+]([O-])c1cc(-c2nc(C3=Cc4cc(Cl)ccc4OC3)no2)cc([N+](=O)[O-])c1. The molecule has 2 heterocycles. The zero-order valence-corrected chi connectivity index (χ0v) is 14.6. The fourth-order valence-electron chi connectivity index (χ4n) is 2.68. The largest absolute Gasteiger partial charge is 0.488 e. The van der Waals surface area contributed by atoms with Gasteiger partial charge in [0, 0.05) is 28.3 Å². The summed E-state index contributed by atoms with van der Waals surface area (Å²) < 4.78 is 10.8. The van der Waals surface area contributed by atoms with E-state index in [-0.39, 0.29) is 23.9 Å². The van der Waals surface area contributed by atoms with E-state index in [9.17, 15) is 20.2 Å². The first-order valence-corrected chi connectivity index (χ1v) is 8.20. The summed E-state index contributed by atoms with van der Waals surface area (Å²) in [6.07, 6.45) is 1.79. The molecule has 2 aromatic carbocycles. The highest BCUT2D eigenvalue weighted by atomic mass is 35.5. The van der Waals surface area contributed by atoms with E-state index < -0.39 is 21.2 Å². The average Bonchev–Trinajstić information content (AvgIpc) is 3.17. The Bertz CT molecular complexity index is 1120. The van der Waals surface area contributed by atoms with Gasteiger partial charge in [0.1, 0.15) is 12.4 Å². The second-order valence-electron chi connectivity index (χ2n) is 5.82. The lowest BCUT2D eigenvalue weighted by Gasteiger charge is -2.16. The molecule has 4 rings (SSSR count). The van der Waals surface area contributed by atoms with Crippen molar-refractivity contribution in [1.29, 1.82) is 0 Å². The Morgan fingerprint density at radius 3 is 2.43 bits per heavy atom. The second kappa shape index (κ2) is 6.74. The zero-order chi connectivity index (χ0) is 19.8. The first-order valence-electron chi connectivity index (χ1n) is 7.82. The molecule has 0 amide bonds. The lowest BCUT2D eigenvalue weighted by molar-refractivity contribution is -0.394. The maximum atomic E-state index is 11.0. The maximum Gasteiger partial charge on any atom is 0.277 e. The molecule has 3 aromatic rings. The van der Waals surface area contributed by atoms with Crippen LogP contribution in [0.2, 0.25) is 5.02 Å². The minimum atomic E-state index is -0.730. The van der Waals surface area contributed by atoms with Gasteiger partial charge in [0.05, 0.1) is 21.5 Å². The lowest BCUT2D eigenvalue weighted by Crippen LogP contribution is -2.07. The molecule has 10 nitrogen and oxygen atoms in total. The van der Waals surface area contributed by atoms with Gasteiger partial charge >= 0.3 is 0 Å². The van der Waals surface area contributed by atoms with Gasteiger partial charge < -0.3 is 9.26 Å². The highest BCUT2D eigenvalue weighted by Gasteiger charge is 2.22. The molecule has 140 valence electrons. The van der Waals surface area contributed by atoms with E-state index in [1.165, 1.54) is 0 Å². The number of nitro benzene ring substituents is 2. The number of aromatic nitrogens is 2. The van der Waals surface area contributed by atoms with Crippen LogP contribution in [0.1, 0.15) is 11.4 Å². The van der Waals surface area contributed by atoms with E-state index in [4.69, 9.17) is 20.9 Å². The van der Waals surface area contributed by atoms with E-state index in [1.807, 2.05) is 0 Å². The van der Waals surface area contributed by atoms with Crippen molar-refractivity contribution in [3.05, 3.63) is 73.0 Å². The maximum absolute atomic E-state index is 11.0. The van der Waals surface area contributed by atoms with Gasteiger partial charge in [-0.3, -0.25) is 20.2 Å². The van der Waals surface area contributed by atoms with Gasteiger partial charge in [0.2, 0.25) is 5.82 Å². The lowest BCUT2D eigenvalue weighted by atomic mass is 10.1. The van der Waals surface area contributed by atoms with Gasteiger partial charge in [-0.15, -0.1) is 0 Å². The molecule has 11 heteroatoms. The molecule has 0 unspecified atom stereocenters. The highest BCUT2D eigenvalue weighted by molar-refractivity contribution is 6.30. The summed E-state index contributed by atoms with van der Waals surface area (Å²) in [7, 11) is 0. The van der Waals surface area contributed by atoms with Crippen LogP contribution in [0.25, 0.3) is 23.1 Å². The monoisotopic (exact) mass is 400 g/mol. The summed E-state index contributed by atoms with van der Waals surface area (Å²) in [5.74, 6) is 0.778. The Hall–Kier alpha value is -3.79. The molecular weight excluding hydrogens is 392 g/mol. The van der Waals surface area contributed by atoms with Crippen LogP contribution < -0.4 is 4.74 Å². The summed E-state index contributed by atoms with van der Waals surface area (Å²) in [4.78, 5) is 24.8. The van der Waals surface area contributed by atoms with Crippen molar-refractivity contribution >= 4 is 34.6 Å². The average molecular weight is 401 g/mol. The number of rotatable bonds is 4. The topological polar surface area (TPSA) is 134 Å². The zero-order valence-electron chi connectivity index (χ0n) is 13.9. The van der Waals surface area contributed by atoms with Gasteiger partial charge in [-0.25, -0.2) is 0 Å². The van der Waals surface area contributed by atoms with E-state index in [2.05, 4.69) is 10.1 Å². The Morgan fingerprint density at radius 2 is 1.75 bits per heavy atom. The number of halogens is 1. The summed E-state index contributed by atoms with van der Waals surface area (Å²) in [6.45, 7) is 0.183. The quantitative estimate of drug-likeness (QED) is 0.471. The molecule has 0 N–H and O–H groups in total. The van der Waals surface area contributed by atoms with Crippen LogP contribution in [0.5, 0.6) is 5.75 Å². The third-order valence-corrected chi connectivity index (χ3v) is 4.20. The molecule has 1 aromatic heterocycles. The Kier molecular flexibility index (Phi) is 4.24. The van der Waals surface area contributed by atoms with Crippen LogP contribution in [0.4, 0.5) is 11.4 Å². The molecule has 0 aliphatic carbocycles. The molecule has 0 spiro atoms. The first-order chi connectivity index (χ1) is 13.4. The molecule has 0 saturated heterocycles. The number of hydrogen-bond donors (Lipinski definition) is 0. The van der Waals surface area contributed by atoms with Gasteiger partial charge in [-0.2, -0.15) is 4.98 Å². The number of fused-ring (bicyclic) bond motifs is 1. The van der Waals surface area contributed by atoms with Gasteiger partial charge in [-0.05, 0) is 24.3 Å². The summed E-state index contributed by atoms with van der Waals surface area (Å²) >= 11 is 5.99. The van der Waals surface area contributed by atoms with Crippen molar-refractivity contribution in [2.24, 2.45) is 0 Å². The minimum Gasteiger partial charge on any atom is -0.488 e. The van der Waals surface area contributed by atoms with E-state index in [0.717, 1.165) is 23.8 Å². The fraction of sp³-hybridized carbons (Fsp3) is 0.0588. The van der Waals surface area contributed by atoms with E-state index in [1.54, 1.807) is 24.3 Å². The van der Waals surface area contributed by atoms with Gasteiger partial charge in [0.15, 0.2) is 0 Å². The van der Waals surface area contributed by atoms with Crippen LogP contribution in [0, 0.1) is 20.2 Å². The minimum absolute atomic E-state index is 0.0698. The molecule has 28 heavy (non-hydrogen) atoms. The number of non-ortho nitro benzene ring substituents is 2. The van der Waals surface area contributed by atoms with Crippen molar-refractivity contribution in [3.63, 3.8) is 0 Å². The van der Waals surface area contributed by atoms with Crippen LogP contribution in [-0.4, -0.2) is 26.6 Å². The molecule has 1 aliphatic heterocycles. The number of nitrogens with zero attached hydrogens (tertiary/aromatic N) is 4. The fourth-order valence-corrected chi connectivity index (χ4v) is 2.86. The smallest absolute Gasteiger partial charge is 0.277 e. The van der Waals surface area contributed by atoms with Crippen molar-refractivity contribution in [3.8, 4) is 17.2 Å². The van der Waals surface area contributed by atoms with Crippen molar-refractivity contribution in [1.82, 2.24) is 10.1 Å². The number of benzene rings is 2. The molecule has 0 radical (unpaired) electrons. The standard InChI is InChI=1S/C17H9ClN4O6/c18-12-1-2-15-9(4-12)3-11(8-27-15)16-19-17(28-20-16)10-5-13(21(23)24)7-14(6-10)22(25)26/h1-7H,8H2. The molecule has 0 bridgehead atoms. The van der Waals surface area contributed by atoms with E-state index >= 15 is 0 Å². The van der Waals surface area contributed by atoms with E-state index in [0.29, 0.717) is 16.3 Å². The Labute approximate surface area is 161 Å². The first kappa shape index (κ1) is 17.6. The molecule has 1 aliphatic rings. The second-order valence-corrected chi connectivity index (χ2v) is 6.25. The van der Waals surface area contributed by atoms with Crippen LogP contribution >= 0.6 is 11.6 Å². The predicted octanol–water partition coefficient (Wildman–Crippen LogP) is 4.14. The number of hydrogen-bond acceptors (Lipinski definition) is 8. The Balaban J connectivity index is 1.73. The summed E-state index contributed by atoms with van der Waals surface area (Å²) in [5, 5.41) is 26.5. The van der Waals surface area contributed by atoms with Crippen molar-refractivity contribution < 1.29 is 19.1 Å². The normalized spacial score (nSPS) is 12.7. The molecular formula is C17H9ClN4O6. The third kappa shape index (κ3) is 3.28.